The van der Waals surface area contributed by atoms with E-state index in [4.69, 9.17) is 4.74 Å². The van der Waals surface area contributed by atoms with Gasteiger partial charge >= 0.3 is 17.9 Å². The van der Waals surface area contributed by atoms with E-state index in [0.717, 1.165) is 12.3 Å². The average Bonchev–Trinajstić information content (AvgIpc) is 3.22. The predicted octanol–water partition coefficient (Wildman–Crippen LogP) is 2.99. The number of hydrogen-bond donors (Lipinski definition) is 0. The van der Waals surface area contributed by atoms with Crippen LogP contribution in [-0.4, -0.2) is 32.1 Å². The number of esters is 3. The molecular formula is C19H22O6. The van der Waals surface area contributed by atoms with Crippen LogP contribution in [0, 0.1) is 17.8 Å². The monoisotopic (exact) mass is 346 g/mol. The second-order valence-corrected chi connectivity index (χ2v) is 6.84. The smallest absolute Gasteiger partial charge is 0.338 e. The van der Waals surface area contributed by atoms with Crippen molar-refractivity contribution in [3.05, 3.63) is 29.3 Å². The van der Waals surface area contributed by atoms with Gasteiger partial charge in [-0.05, 0) is 55.2 Å². The maximum atomic E-state index is 12.3. The van der Waals surface area contributed by atoms with Crippen LogP contribution < -0.4 is 4.74 Å². The minimum absolute atomic E-state index is 0.133. The number of benzene rings is 1. The lowest BCUT2D eigenvalue weighted by atomic mass is 9.86. The predicted molar refractivity (Wildman–Crippen MR) is 88.3 cm³/mol. The molecule has 0 radical (unpaired) electrons. The van der Waals surface area contributed by atoms with Crippen molar-refractivity contribution >= 4 is 17.9 Å². The van der Waals surface area contributed by atoms with E-state index in [1.807, 2.05) is 0 Å². The lowest BCUT2D eigenvalue weighted by molar-refractivity contribution is -0.135. The number of hydrogen-bond acceptors (Lipinski definition) is 6. The first kappa shape index (κ1) is 17.5. The van der Waals surface area contributed by atoms with Crippen LogP contribution in [0.15, 0.2) is 18.2 Å². The summed E-state index contributed by atoms with van der Waals surface area (Å²) >= 11 is 0. The Morgan fingerprint density at radius 1 is 0.960 bits per heavy atom. The Hall–Kier alpha value is -2.37. The molecule has 3 atom stereocenters. The van der Waals surface area contributed by atoms with Crippen LogP contribution in [0.1, 0.15) is 52.8 Å². The van der Waals surface area contributed by atoms with Crippen LogP contribution in [0.2, 0.25) is 0 Å². The maximum Gasteiger partial charge on any atom is 0.338 e. The molecule has 0 amide bonds. The van der Waals surface area contributed by atoms with Crippen LogP contribution in [0.5, 0.6) is 5.75 Å². The zero-order chi connectivity index (χ0) is 18.0. The Morgan fingerprint density at radius 2 is 1.60 bits per heavy atom. The van der Waals surface area contributed by atoms with Crippen molar-refractivity contribution in [2.45, 2.75) is 32.1 Å². The van der Waals surface area contributed by atoms with Gasteiger partial charge in [0.05, 0.1) is 25.3 Å². The highest BCUT2D eigenvalue weighted by molar-refractivity contribution is 5.96. The first-order valence-corrected chi connectivity index (χ1v) is 8.52. The standard InChI is InChI=1S/C19H22O6/c1-23-18(21)14-7-15(19(22)24-2)9-16(8-14)25-17(20)10-13-6-11-3-4-12(13)5-11/h7-9,11-13H,3-6,10H2,1-2H3/t11-,12+,13-/m1/s1. The summed E-state index contributed by atoms with van der Waals surface area (Å²) in [4.78, 5) is 35.8. The van der Waals surface area contributed by atoms with Crippen molar-refractivity contribution in [1.29, 1.82) is 0 Å². The largest absolute Gasteiger partial charge is 0.465 e. The molecule has 0 aromatic heterocycles. The Morgan fingerprint density at radius 3 is 2.08 bits per heavy atom. The van der Waals surface area contributed by atoms with Gasteiger partial charge in [0.1, 0.15) is 5.75 Å². The highest BCUT2D eigenvalue weighted by atomic mass is 16.5. The van der Waals surface area contributed by atoms with E-state index in [1.165, 1.54) is 51.7 Å². The molecule has 25 heavy (non-hydrogen) atoms. The Balaban J connectivity index is 1.72. The van der Waals surface area contributed by atoms with E-state index >= 15 is 0 Å². The van der Waals surface area contributed by atoms with Crippen LogP contribution >= 0.6 is 0 Å². The molecule has 6 heteroatoms. The summed E-state index contributed by atoms with van der Waals surface area (Å²) in [6.45, 7) is 0. The first-order valence-electron chi connectivity index (χ1n) is 8.52. The minimum atomic E-state index is -0.615. The average molecular weight is 346 g/mol. The van der Waals surface area contributed by atoms with Gasteiger partial charge in [0, 0.05) is 6.42 Å². The molecule has 2 aliphatic carbocycles. The van der Waals surface area contributed by atoms with Crippen LogP contribution in [-0.2, 0) is 14.3 Å². The van der Waals surface area contributed by atoms with Crippen LogP contribution in [0.3, 0.4) is 0 Å². The van der Waals surface area contributed by atoms with Crippen LogP contribution in [0.4, 0.5) is 0 Å². The minimum Gasteiger partial charge on any atom is -0.465 e. The second kappa shape index (κ2) is 7.25. The van der Waals surface area contributed by atoms with Gasteiger partial charge in [-0.3, -0.25) is 4.79 Å². The molecule has 0 saturated heterocycles. The van der Waals surface area contributed by atoms with E-state index in [1.54, 1.807) is 0 Å². The third-order valence-electron chi connectivity index (χ3n) is 5.29. The normalized spacial score (nSPS) is 24.0. The molecule has 6 nitrogen and oxygen atoms in total. The zero-order valence-corrected chi connectivity index (χ0v) is 14.4. The lowest BCUT2D eigenvalue weighted by Gasteiger charge is -2.20. The Bertz CT molecular complexity index is 661. The van der Waals surface area contributed by atoms with E-state index in [-0.39, 0.29) is 22.8 Å². The van der Waals surface area contributed by atoms with Crippen LogP contribution in [0.25, 0.3) is 0 Å². The number of carbonyl (C=O) groups excluding carboxylic acids is 3. The Labute approximate surface area is 146 Å². The molecule has 1 aromatic rings. The van der Waals surface area contributed by atoms with E-state index in [9.17, 15) is 14.4 Å². The first-order chi connectivity index (χ1) is 12.0. The third kappa shape index (κ3) is 3.83. The lowest BCUT2D eigenvalue weighted by Crippen LogP contribution is -2.19. The molecule has 3 rings (SSSR count). The van der Waals surface area contributed by atoms with E-state index < -0.39 is 11.9 Å². The van der Waals surface area contributed by atoms with Crippen molar-refractivity contribution in [2.24, 2.45) is 17.8 Å². The highest BCUT2D eigenvalue weighted by Gasteiger charge is 2.40. The van der Waals surface area contributed by atoms with E-state index in [0.29, 0.717) is 18.3 Å². The molecule has 1 aromatic carbocycles. The molecule has 2 aliphatic rings. The number of methoxy groups -OCH3 is 2. The molecule has 2 bridgehead atoms. The summed E-state index contributed by atoms with van der Waals surface area (Å²) < 4.78 is 14.7. The van der Waals surface area contributed by atoms with Crippen molar-refractivity contribution in [2.75, 3.05) is 14.2 Å². The van der Waals surface area contributed by atoms with E-state index in [2.05, 4.69) is 9.47 Å². The molecule has 0 N–H and O–H groups in total. The fourth-order valence-corrected chi connectivity index (χ4v) is 4.14. The van der Waals surface area contributed by atoms with Gasteiger partial charge < -0.3 is 14.2 Å². The molecule has 2 saturated carbocycles. The number of fused-ring (bicyclic) bond motifs is 2. The van der Waals surface area contributed by atoms with Crippen molar-refractivity contribution in [3.63, 3.8) is 0 Å². The molecule has 0 unspecified atom stereocenters. The number of carbonyl (C=O) groups is 3. The summed E-state index contributed by atoms with van der Waals surface area (Å²) in [5.74, 6) is 0.357. The van der Waals surface area contributed by atoms with Gasteiger partial charge in [-0.15, -0.1) is 0 Å². The summed E-state index contributed by atoms with van der Waals surface area (Å²) in [6, 6.07) is 4.15. The summed E-state index contributed by atoms with van der Waals surface area (Å²) in [5.41, 5.74) is 0.265. The molecule has 0 aliphatic heterocycles. The van der Waals surface area contributed by atoms with Crippen molar-refractivity contribution in [1.82, 2.24) is 0 Å². The molecule has 0 heterocycles. The molecule has 134 valence electrons. The summed E-state index contributed by atoms with van der Waals surface area (Å²) in [7, 11) is 2.49. The van der Waals surface area contributed by atoms with Gasteiger partial charge in [0.25, 0.3) is 0 Å². The van der Waals surface area contributed by atoms with Gasteiger partial charge in [-0.2, -0.15) is 0 Å². The van der Waals surface area contributed by atoms with Gasteiger partial charge in [-0.25, -0.2) is 9.59 Å². The van der Waals surface area contributed by atoms with Gasteiger partial charge in [0.15, 0.2) is 0 Å². The summed E-state index contributed by atoms with van der Waals surface area (Å²) in [6.07, 6.45) is 5.17. The SMILES string of the molecule is COC(=O)c1cc(OC(=O)C[C@H]2C[C@@H]3CC[C@H]2C3)cc(C(=O)OC)c1. The fraction of sp³-hybridized carbons (Fsp3) is 0.526. The second-order valence-electron chi connectivity index (χ2n) is 6.84. The summed E-state index contributed by atoms with van der Waals surface area (Å²) in [5, 5.41) is 0. The maximum absolute atomic E-state index is 12.3. The number of ether oxygens (including phenoxy) is 3. The molecule has 0 spiro atoms. The number of rotatable bonds is 5. The third-order valence-corrected chi connectivity index (χ3v) is 5.29. The molecular weight excluding hydrogens is 324 g/mol. The molecule has 2 fully saturated rings. The van der Waals surface area contributed by atoms with Gasteiger partial charge in [0.2, 0.25) is 0 Å². The topological polar surface area (TPSA) is 78.9 Å². The zero-order valence-electron chi connectivity index (χ0n) is 14.4. The highest BCUT2D eigenvalue weighted by Crippen LogP contribution is 2.49. The quantitative estimate of drug-likeness (QED) is 0.602. The van der Waals surface area contributed by atoms with Crippen molar-refractivity contribution in [3.8, 4) is 5.75 Å². The van der Waals surface area contributed by atoms with Gasteiger partial charge in [-0.1, -0.05) is 6.42 Å². The van der Waals surface area contributed by atoms with Crippen molar-refractivity contribution < 1.29 is 28.6 Å². The Kier molecular flexibility index (Phi) is 5.06. The fourth-order valence-electron chi connectivity index (χ4n) is 4.14.